The number of nitrogens with one attached hydrogen (secondary N) is 1. The van der Waals surface area contributed by atoms with Crippen molar-refractivity contribution in [2.45, 2.75) is 52.1 Å². The molecule has 25 heavy (non-hydrogen) atoms. The molecule has 0 aliphatic heterocycles. The van der Waals surface area contributed by atoms with E-state index in [0.717, 1.165) is 31.4 Å². The van der Waals surface area contributed by atoms with Crippen LogP contribution in [0.25, 0.3) is 0 Å². The first-order chi connectivity index (χ1) is 12.0. The maximum absolute atomic E-state index is 12.9. The minimum absolute atomic E-state index is 0.0702. The Morgan fingerprint density at radius 3 is 2.64 bits per heavy atom. The van der Waals surface area contributed by atoms with Gasteiger partial charge in [0.15, 0.2) is 0 Å². The summed E-state index contributed by atoms with van der Waals surface area (Å²) in [5, 5.41) is 3.01. The van der Waals surface area contributed by atoms with Crippen LogP contribution in [0.15, 0.2) is 12.1 Å². The van der Waals surface area contributed by atoms with Crippen LogP contribution in [-0.2, 0) is 14.3 Å². The zero-order valence-corrected chi connectivity index (χ0v) is 15.8. The van der Waals surface area contributed by atoms with Gasteiger partial charge >= 0.3 is 0 Å². The summed E-state index contributed by atoms with van der Waals surface area (Å²) < 4.78 is 16.4. The van der Waals surface area contributed by atoms with Crippen LogP contribution < -0.4 is 10.1 Å². The SMILES string of the molecule is CCOC1(C(=O)Nc2ccc(OCCOC)nc2C)CCC(C)CC1. The summed E-state index contributed by atoms with van der Waals surface area (Å²) in [5.41, 5.74) is 0.697. The Morgan fingerprint density at radius 2 is 2.04 bits per heavy atom. The lowest BCUT2D eigenvalue weighted by Gasteiger charge is -2.37. The molecule has 1 fully saturated rings. The minimum atomic E-state index is -0.721. The molecule has 140 valence electrons. The number of aryl methyl sites for hydroxylation is 1. The number of hydrogen-bond donors (Lipinski definition) is 1. The number of carbonyl (C=O) groups is 1. The van der Waals surface area contributed by atoms with E-state index in [1.807, 2.05) is 19.9 Å². The average molecular weight is 350 g/mol. The second-order valence-corrected chi connectivity index (χ2v) is 6.69. The zero-order chi connectivity index (χ0) is 18.3. The molecule has 1 N–H and O–H groups in total. The van der Waals surface area contributed by atoms with E-state index in [4.69, 9.17) is 14.2 Å². The number of ether oxygens (including phenoxy) is 3. The molecule has 6 heteroatoms. The monoisotopic (exact) mass is 350 g/mol. The van der Waals surface area contributed by atoms with Gasteiger partial charge in [0.2, 0.25) is 5.88 Å². The number of nitrogens with zero attached hydrogens (tertiary/aromatic N) is 1. The molecule has 0 radical (unpaired) electrons. The molecule has 1 heterocycles. The van der Waals surface area contributed by atoms with Gasteiger partial charge in [0.25, 0.3) is 5.91 Å². The molecule has 2 rings (SSSR count). The first-order valence-electron chi connectivity index (χ1n) is 9.05. The molecule has 1 aliphatic rings. The van der Waals surface area contributed by atoms with Crippen LogP contribution in [0, 0.1) is 12.8 Å². The van der Waals surface area contributed by atoms with Gasteiger partial charge in [0.05, 0.1) is 18.0 Å². The highest BCUT2D eigenvalue weighted by Crippen LogP contribution is 2.36. The summed E-state index contributed by atoms with van der Waals surface area (Å²) in [6.45, 7) is 7.51. The molecule has 1 amide bonds. The van der Waals surface area contributed by atoms with E-state index in [9.17, 15) is 4.79 Å². The van der Waals surface area contributed by atoms with Crippen LogP contribution in [-0.4, -0.2) is 43.4 Å². The molecule has 1 aromatic heterocycles. The Labute approximate surface area is 150 Å². The fourth-order valence-electron chi connectivity index (χ4n) is 3.16. The highest BCUT2D eigenvalue weighted by Gasteiger charge is 2.42. The third-order valence-electron chi connectivity index (χ3n) is 4.76. The Kier molecular flexibility index (Phi) is 7.20. The number of carbonyl (C=O) groups excluding carboxylic acids is 1. The zero-order valence-electron chi connectivity index (χ0n) is 15.8. The van der Waals surface area contributed by atoms with Crippen molar-refractivity contribution >= 4 is 11.6 Å². The molecule has 1 saturated carbocycles. The highest BCUT2D eigenvalue weighted by atomic mass is 16.5. The summed E-state index contributed by atoms with van der Waals surface area (Å²) in [7, 11) is 1.63. The van der Waals surface area contributed by atoms with E-state index in [1.165, 1.54) is 0 Å². The highest BCUT2D eigenvalue weighted by molar-refractivity contribution is 5.97. The van der Waals surface area contributed by atoms with E-state index < -0.39 is 5.60 Å². The molecule has 6 nitrogen and oxygen atoms in total. The van der Waals surface area contributed by atoms with Crippen molar-refractivity contribution in [3.8, 4) is 5.88 Å². The normalized spacial score (nSPS) is 23.3. The standard InChI is InChI=1S/C19H30N2O4/c1-5-25-19(10-8-14(2)9-11-19)18(22)21-16-6-7-17(20-15(16)3)24-13-12-23-4/h6-7,14H,5,8-13H2,1-4H3,(H,21,22). The Morgan fingerprint density at radius 1 is 1.32 bits per heavy atom. The minimum Gasteiger partial charge on any atom is -0.475 e. The summed E-state index contributed by atoms with van der Waals surface area (Å²) in [5.74, 6) is 1.10. The second-order valence-electron chi connectivity index (χ2n) is 6.69. The van der Waals surface area contributed by atoms with Gasteiger partial charge in [0.1, 0.15) is 12.2 Å². The molecule has 1 aromatic rings. The fourth-order valence-corrected chi connectivity index (χ4v) is 3.16. The Balaban J connectivity index is 2.05. The van der Waals surface area contributed by atoms with Gasteiger partial charge in [-0.05, 0) is 51.5 Å². The van der Waals surface area contributed by atoms with Crippen molar-refractivity contribution in [1.82, 2.24) is 4.98 Å². The van der Waals surface area contributed by atoms with E-state index in [2.05, 4.69) is 17.2 Å². The van der Waals surface area contributed by atoms with Crippen molar-refractivity contribution < 1.29 is 19.0 Å². The summed E-state index contributed by atoms with van der Waals surface area (Å²) in [6, 6.07) is 3.59. The van der Waals surface area contributed by atoms with Crippen molar-refractivity contribution in [2.75, 3.05) is 32.2 Å². The van der Waals surface area contributed by atoms with Gasteiger partial charge in [0, 0.05) is 19.8 Å². The summed E-state index contributed by atoms with van der Waals surface area (Å²) in [4.78, 5) is 17.3. The third kappa shape index (κ3) is 5.16. The topological polar surface area (TPSA) is 69.7 Å². The van der Waals surface area contributed by atoms with E-state index in [0.29, 0.717) is 37.3 Å². The van der Waals surface area contributed by atoms with E-state index in [1.54, 1.807) is 13.2 Å². The average Bonchev–Trinajstić information content (AvgIpc) is 2.60. The lowest BCUT2D eigenvalue weighted by atomic mass is 9.78. The number of anilines is 1. The summed E-state index contributed by atoms with van der Waals surface area (Å²) in [6.07, 6.45) is 3.55. The number of amides is 1. The third-order valence-corrected chi connectivity index (χ3v) is 4.76. The van der Waals surface area contributed by atoms with Crippen LogP contribution in [0.2, 0.25) is 0 Å². The Bertz CT molecular complexity index is 569. The first-order valence-corrected chi connectivity index (χ1v) is 9.05. The molecule has 0 spiro atoms. The lowest BCUT2D eigenvalue weighted by Crippen LogP contribution is -2.48. The lowest BCUT2D eigenvalue weighted by molar-refractivity contribution is -0.146. The van der Waals surface area contributed by atoms with Crippen LogP contribution in [0.5, 0.6) is 5.88 Å². The predicted molar refractivity (Wildman–Crippen MR) is 97.0 cm³/mol. The van der Waals surface area contributed by atoms with Gasteiger partial charge in [-0.15, -0.1) is 0 Å². The molecular weight excluding hydrogens is 320 g/mol. The number of hydrogen-bond acceptors (Lipinski definition) is 5. The quantitative estimate of drug-likeness (QED) is 0.728. The maximum Gasteiger partial charge on any atom is 0.256 e. The van der Waals surface area contributed by atoms with Gasteiger partial charge < -0.3 is 19.5 Å². The van der Waals surface area contributed by atoms with Gasteiger partial charge in [-0.25, -0.2) is 4.98 Å². The largest absolute Gasteiger partial charge is 0.475 e. The van der Waals surface area contributed by atoms with E-state index >= 15 is 0 Å². The van der Waals surface area contributed by atoms with Gasteiger partial charge in [-0.3, -0.25) is 4.79 Å². The molecule has 0 unspecified atom stereocenters. The second kappa shape index (κ2) is 9.15. The fraction of sp³-hybridized carbons (Fsp3) is 0.684. The molecule has 0 aromatic carbocycles. The van der Waals surface area contributed by atoms with Crippen molar-refractivity contribution in [3.63, 3.8) is 0 Å². The van der Waals surface area contributed by atoms with Crippen LogP contribution in [0.3, 0.4) is 0 Å². The molecule has 0 saturated heterocycles. The first kappa shape index (κ1) is 19.7. The number of methoxy groups -OCH3 is 1. The van der Waals surface area contributed by atoms with Gasteiger partial charge in [-0.1, -0.05) is 6.92 Å². The number of pyridine rings is 1. The van der Waals surface area contributed by atoms with Crippen LogP contribution in [0.1, 0.15) is 45.2 Å². The summed E-state index contributed by atoms with van der Waals surface area (Å²) >= 11 is 0. The van der Waals surface area contributed by atoms with Crippen molar-refractivity contribution in [2.24, 2.45) is 5.92 Å². The van der Waals surface area contributed by atoms with Crippen molar-refractivity contribution in [1.29, 1.82) is 0 Å². The molecule has 0 atom stereocenters. The number of aromatic nitrogens is 1. The molecule has 1 aliphatic carbocycles. The van der Waals surface area contributed by atoms with Crippen molar-refractivity contribution in [3.05, 3.63) is 17.8 Å². The molecule has 0 bridgehead atoms. The van der Waals surface area contributed by atoms with Crippen LogP contribution >= 0.6 is 0 Å². The van der Waals surface area contributed by atoms with Crippen LogP contribution in [0.4, 0.5) is 5.69 Å². The molecular formula is C19H30N2O4. The van der Waals surface area contributed by atoms with Gasteiger partial charge in [-0.2, -0.15) is 0 Å². The number of rotatable bonds is 8. The smallest absolute Gasteiger partial charge is 0.256 e. The predicted octanol–water partition coefficient (Wildman–Crippen LogP) is 3.34. The van der Waals surface area contributed by atoms with E-state index in [-0.39, 0.29) is 5.91 Å². The Hall–Kier alpha value is -1.66. The maximum atomic E-state index is 12.9.